The Bertz CT molecular complexity index is 350. The van der Waals surface area contributed by atoms with Crippen LogP contribution in [0.4, 0.5) is 0 Å². The lowest BCUT2D eigenvalue weighted by atomic mass is 9.65. The second-order valence-corrected chi connectivity index (χ2v) is 7.94. The predicted octanol–water partition coefficient (Wildman–Crippen LogP) is 2.46. The second-order valence-electron chi connectivity index (χ2n) is 7.94. The molecule has 1 heterocycles. The van der Waals surface area contributed by atoms with Gasteiger partial charge in [0.2, 0.25) is 0 Å². The number of likely N-dealkylation sites (tertiary alicyclic amines) is 1. The first-order chi connectivity index (χ1) is 9.01. The van der Waals surface area contributed by atoms with E-state index in [1.807, 2.05) is 0 Å². The van der Waals surface area contributed by atoms with Gasteiger partial charge in [-0.3, -0.25) is 4.99 Å². The van der Waals surface area contributed by atoms with Crippen molar-refractivity contribution in [1.29, 1.82) is 0 Å². The smallest absolute Gasteiger partial charge is 0.194 e. The van der Waals surface area contributed by atoms with Crippen LogP contribution in [0.3, 0.4) is 0 Å². The SMILES string of the molecule is CCNC(=NCCNC(C)(C)C)N1CC(C)(C)C1(C)C. The molecule has 0 aromatic carbocycles. The first-order valence-corrected chi connectivity index (χ1v) is 7.82. The first-order valence-electron chi connectivity index (χ1n) is 7.82. The van der Waals surface area contributed by atoms with Crippen LogP contribution in [-0.4, -0.2) is 48.1 Å². The molecule has 0 saturated carbocycles. The summed E-state index contributed by atoms with van der Waals surface area (Å²) in [7, 11) is 0. The monoisotopic (exact) mass is 282 g/mol. The van der Waals surface area contributed by atoms with E-state index in [1.54, 1.807) is 0 Å². The van der Waals surface area contributed by atoms with E-state index in [0.29, 0.717) is 5.41 Å². The Labute approximate surface area is 125 Å². The van der Waals surface area contributed by atoms with Crippen LogP contribution in [0, 0.1) is 5.41 Å². The molecule has 1 aliphatic rings. The van der Waals surface area contributed by atoms with Crippen LogP contribution in [0.2, 0.25) is 0 Å². The molecule has 4 nitrogen and oxygen atoms in total. The topological polar surface area (TPSA) is 39.7 Å². The van der Waals surface area contributed by atoms with Gasteiger partial charge in [0, 0.05) is 36.1 Å². The number of hydrogen-bond acceptors (Lipinski definition) is 2. The molecule has 20 heavy (non-hydrogen) atoms. The van der Waals surface area contributed by atoms with Crippen molar-refractivity contribution in [2.24, 2.45) is 10.4 Å². The maximum Gasteiger partial charge on any atom is 0.194 e. The van der Waals surface area contributed by atoms with E-state index >= 15 is 0 Å². The summed E-state index contributed by atoms with van der Waals surface area (Å²) in [5.74, 6) is 1.05. The van der Waals surface area contributed by atoms with Gasteiger partial charge in [0.25, 0.3) is 0 Å². The highest BCUT2D eigenvalue weighted by Crippen LogP contribution is 2.46. The van der Waals surface area contributed by atoms with Gasteiger partial charge in [0.1, 0.15) is 0 Å². The lowest BCUT2D eigenvalue weighted by molar-refractivity contribution is -0.0667. The van der Waals surface area contributed by atoms with Crippen molar-refractivity contribution in [3.8, 4) is 0 Å². The van der Waals surface area contributed by atoms with Crippen LogP contribution in [0.1, 0.15) is 55.4 Å². The van der Waals surface area contributed by atoms with Gasteiger partial charge in [-0.2, -0.15) is 0 Å². The van der Waals surface area contributed by atoms with E-state index in [9.17, 15) is 0 Å². The molecule has 4 heteroatoms. The standard InChI is InChI=1S/C16H34N4/c1-9-17-13(18-10-11-19-14(2,3)4)20-12-15(5,6)16(20,7)8/h19H,9-12H2,1-8H3,(H,17,18). The van der Waals surface area contributed by atoms with Crippen molar-refractivity contribution in [2.45, 2.75) is 66.5 Å². The zero-order valence-corrected chi connectivity index (χ0v) is 14.7. The summed E-state index contributed by atoms with van der Waals surface area (Å²) in [4.78, 5) is 7.17. The highest BCUT2D eigenvalue weighted by molar-refractivity contribution is 5.82. The molecule has 1 fully saturated rings. The molecule has 0 spiro atoms. The molecule has 0 unspecified atom stereocenters. The molecule has 0 atom stereocenters. The molecule has 0 amide bonds. The Balaban J connectivity index is 2.62. The molecule has 0 aliphatic carbocycles. The highest BCUT2D eigenvalue weighted by Gasteiger charge is 2.53. The summed E-state index contributed by atoms with van der Waals surface area (Å²) in [6.45, 7) is 21.6. The van der Waals surface area contributed by atoms with Gasteiger partial charge in [-0.25, -0.2) is 0 Å². The van der Waals surface area contributed by atoms with Gasteiger partial charge in [0.15, 0.2) is 5.96 Å². The molecular formula is C16H34N4. The molecule has 0 aromatic heterocycles. The van der Waals surface area contributed by atoms with Crippen molar-refractivity contribution < 1.29 is 0 Å². The number of nitrogens with zero attached hydrogens (tertiary/aromatic N) is 2. The summed E-state index contributed by atoms with van der Waals surface area (Å²) >= 11 is 0. The highest BCUT2D eigenvalue weighted by atomic mass is 15.4. The number of hydrogen-bond donors (Lipinski definition) is 2. The van der Waals surface area contributed by atoms with Crippen LogP contribution in [0.15, 0.2) is 4.99 Å². The van der Waals surface area contributed by atoms with E-state index in [-0.39, 0.29) is 11.1 Å². The molecule has 118 valence electrons. The summed E-state index contributed by atoms with van der Waals surface area (Å²) in [5.41, 5.74) is 0.657. The number of rotatable bonds is 4. The van der Waals surface area contributed by atoms with Gasteiger partial charge in [-0.1, -0.05) is 13.8 Å². The molecule has 1 saturated heterocycles. The van der Waals surface area contributed by atoms with Crippen molar-refractivity contribution in [3.05, 3.63) is 0 Å². The average Bonchev–Trinajstić information content (AvgIpc) is 2.29. The van der Waals surface area contributed by atoms with Crippen molar-refractivity contribution in [1.82, 2.24) is 15.5 Å². The maximum absolute atomic E-state index is 4.77. The van der Waals surface area contributed by atoms with Crippen LogP contribution in [0.25, 0.3) is 0 Å². The third-order valence-corrected chi connectivity index (χ3v) is 4.50. The van der Waals surface area contributed by atoms with Crippen molar-refractivity contribution in [2.75, 3.05) is 26.2 Å². The van der Waals surface area contributed by atoms with Gasteiger partial charge in [-0.15, -0.1) is 0 Å². The minimum atomic E-state index is 0.158. The molecule has 2 N–H and O–H groups in total. The number of nitrogens with one attached hydrogen (secondary N) is 2. The normalized spacial score (nSPS) is 21.6. The average molecular weight is 282 g/mol. The molecule has 1 rings (SSSR count). The fraction of sp³-hybridized carbons (Fsp3) is 0.938. The second kappa shape index (κ2) is 5.92. The molecule has 1 aliphatic heterocycles. The minimum absolute atomic E-state index is 0.158. The van der Waals surface area contributed by atoms with E-state index in [2.05, 4.69) is 70.9 Å². The summed E-state index contributed by atoms with van der Waals surface area (Å²) in [5, 5.41) is 6.90. The zero-order valence-electron chi connectivity index (χ0n) is 14.7. The lowest BCUT2D eigenvalue weighted by Gasteiger charge is -2.62. The fourth-order valence-corrected chi connectivity index (χ4v) is 2.39. The first kappa shape index (κ1) is 17.3. The Kier molecular flexibility index (Phi) is 5.12. The van der Waals surface area contributed by atoms with Gasteiger partial charge >= 0.3 is 0 Å². The third kappa shape index (κ3) is 3.87. The van der Waals surface area contributed by atoms with Crippen LogP contribution in [0.5, 0.6) is 0 Å². The predicted molar refractivity (Wildman–Crippen MR) is 88.3 cm³/mol. The zero-order chi connectivity index (χ0) is 15.6. The van der Waals surface area contributed by atoms with E-state index in [0.717, 1.165) is 32.1 Å². The van der Waals surface area contributed by atoms with Gasteiger partial charge < -0.3 is 15.5 Å². The quantitative estimate of drug-likeness (QED) is 0.473. The largest absolute Gasteiger partial charge is 0.356 e. The number of aliphatic imine (C=N–C) groups is 1. The molecule has 0 aromatic rings. The molecule has 0 bridgehead atoms. The summed E-state index contributed by atoms with van der Waals surface area (Å²) < 4.78 is 0. The van der Waals surface area contributed by atoms with E-state index in [1.165, 1.54) is 0 Å². The van der Waals surface area contributed by atoms with Crippen LogP contribution < -0.4 is 10.6 Å². The fourth-order valence-electron chi connectivity index (χ4n) is 2.39. The molecular weight excluding hydrogens is 248 g/mol. The lowest BCUT2D eigenvalue weighted by Crippen LogP contribution is -2.72. The Morgan fingerprint density at radius 2 is 1.80 bits per heavy atom. The van der Waals surface area contributed by atoms with Crippen LogP contribution >= 0.6 is 0 Å². The van der Waals surface area contributed by atoms with E-state index < -0.39 is 0 Å². The Morgan fingerprint density at radius 3 is 2.20 bits per heavy atom. The van der Waals surface area contributed by atoms with Gasteiger partial charge in [-0.05, 0) is 41.5 Å². The maximum atomic E-state index is 4.77. The minimum Gasteiger partial charge on any atom is -0.356 e. The summed E-state index contributed by atoms with van der Waals surface area (Å²) in [6.07, 6.45) is 0. The van der Waals surface area contributed by atoms with Crippen molar-refractivity contribution in [3.63, 3.8) is 0 Å². The molecule has 0 radical (unpaired) electrons. The van der Waals surface area contributed by atoms with Crippen molar-refractivity contribution >= 4 is 5.96 Å². The third-order valence-electron chi connectivity index (χ3n) is 4.50. The van der Waals surface area contributed by atoms with Gasteiger partial charge in [0.05, 0.1) is 6.54 Å². The number of guanidine groups is 1. The summed E-state index contributed by atoms with van der Waals surface area (Å²) in [6, 6.07) is 0. The Morgan fingerprint density at radius 1 is 1.20 bits per heavy atom. The Hall–Kier alpha value is -0.770. The van der Waals surface area contributed by atoms with Crippen LogP contribution in [-0.2, 0) is 0 Å². The van der Waals surface area contributed by atoms with E-state index in [4.69, 9.17) is 4.99 Å².